The summed E-state index contributed by atoms with van der Waals surface area (Å²) in [5, 5.41) is 6.58. The highest BCUT2D eigenvalue weighted by molar-refractivity contribution is 7.14. The number of ketones is 1. The molecule has 0 aliphatic heterocycles. The molecule has 0 saturated heterocycles. The Kier molecular flexibility index (Phi) is 7.53. The van der Waals surface area contributed by atoms with Crippen molar-refractivity contribution in [2.24, 2.45) is 5.73 Å². The summed E-state index contributed by atoms with van der Waals surface area (Å²) < 4.78 is 41.8. The zero-order chi connectivity index (χ0) is 23.2. The molecular formula is C19H16F3N3O5S. The number of anilines is 2. The van der Waals surface area contributed by atoms with Gasteiger partial charge in [-0.3, -0.25) is 14.4 Å². The molecule has 0 saturated carbocycles. The summed E-state index contributed by atoms with van der Waals surface area (Å²) in [6.07, 6.45) is -5.28. The van der Waals surface area contributed by atoms with E-state index in [1.165, 1.54) is 37.3 Å². The predicted octanol–water partition coefficient (Wildman–Crippen LogP) is 3.09. The number of amides is 2. The van der Waals surface area contributed by atoms with Gasteiger partial charge in [0, 0.05) is 12.3 Å². The zero-order valence-corrected chi connectivity index (χ0v) is 16.7. The van der Waals surface area contributed by atoms with Crippen molar-refractivity contribution in [3.05, 3.63) is 59.1 Å². The Hall–Kier alpha value is -3.67. The minimum atomic E-state index is -5.02. The number of rotatable bonds is 8. The van der Waals surface area contributed by atoms with Gasteiger partial charge in [-0.25, -0.2) is 4.79 Å². The number of hydrogen-bond acceptors (Lipinski definition) is 7. The van der Waals surface area contributed by atoms with Crippen LogP contribution < -0.4 is 16.4 Å². The maximum Gasteiger partial charge on any atom is 0.454 e. The van der Waals surface area contributed by atoms with E-state index in [1.54, 1.807) is 5.38 Å². The van der Waals surface area contributed by atoms with E-state index in [0.29, 0.717) is 0 Å². The van der Waals surface area contributed by atoms with Crippen molar-refractivity contribution < 1.29 is 37.1 Å². The van der Waals surface area contributed by atoms with Gasteiger partial charge in [0.15, 0.2) is 6.10 Å². The Morgan fingerprint density at radius 1 is 1.13 bits per heavy atom. The van der Waals surface area contributed by atoms with Gasteiger partial charge in [-0.15, -0.1) is 11.3 Å². The molecular weight excluding hydrogens is 439 g/mol. The molecule has 164 valence electrons. The van der Waals surface area contributed by atoms with Crippen LogP contribution in [0.15, 0.2) is 48.0 Å². The van der Waals surface area contributed by atoms with Crippen LogP contribution in [-0.2, 0) is 14.3 Å². The van der Waals surface area contributed by atoms with Crippen LogP contribution in [0.4, 0.5) is 23.9 Å². The maximum absolute atomic E-state index is 12.4. The van der Waals surface area contributed by atoms with E-state index in [-0.39, 0.29) is 27.9 Å². The number of thiophene rings is 1. The second kappa shape index (κ2) is 9.89. The molecule has 2 aromatic rings. The molecule has 1 unspecified atom stereocenters. The number of hydrogen-bond donors (Lipinski definition) is 3. The highest BCUT2D eigenvalue weighted by Gasteiger charge is 2.36. The summed E-state index contributed by atoms with van der Waals surface area (Å²) in [4.78, 5) is 46.9. The van der Waals surface area contributed by atoms with Crippen molar-refractivity contribution in [3.63, 3.8) is 0 Å². The summed E-state index contributed by atoms with van der Waals surface area (Å²) in [7, 11) is 0. The van der Waals surface area contributed by atoms with Crippen LogP contribution in [0, 0.1) is 0 Å². The number of carbonyl (C=O) groups excluding carboxylic acids is 4. The van der Waals surface area contributed by atoms with Gasteiger partial charge in [0.05, 0.1) is 16.8 Å². The summed E-state index contributed by atoms with van der Waals surface area (Å²) in [6, 6.07) is 7.09. The standard InChI is InChI=1S/C19H16F3N3O5S/c1-10(16(28)25-17-12(15(23)27)7-9-31-17)30-18(29)11-4-2-3-5-13(11)24-8-6-14(26)19(20,21)22/h2-10,24H,1H3,(H2,23,27)(H,25,28)/b8-6+. The van der Waals surface area contributed by atoms with Gasteiger partial charge in [-0.1, -0.05) is 12.1 Å². The Balaban J connectivity index is 2.05. The first kappa shape index (κ1) is 23.6. The number of nitrogens with one attached hydrogen (secondary N) is 2. The van der Waals surface area contributed by atoms with E-state index in [0.717, 1.165) is 17.5 Å². The maximum atomic E-state index is 12.4. The molecule has 0 radical (unpaired) electrons. The second-order valence-electron chi connectivity index (χ2n) is 5.95. The zero-order valence-electron chi connectivity index (χ0n) is 15.9. The molecule has 0 aliphatic rings. The van der Waals surface area contributed by atoms with Gasteiger partial charge >= 0.3 is 12.1 Å². The minimum absolute atomic E-state index is 0.0561. The topological polar surface area (TPSA) is 128 Å². The van der Waals surface area contributed by atoms with Crippen molar-refractivity contribution in [1.29, 1.82) is 0 Å². The highest BCUT2D eigenvalue weighted by Crippen LogP contribution is 2.23. The van der Waals surface area contributed by atoms with E-state index in [2.05, 4.69) is 10.6 Å². The Morgan fingerprint density at radius 2 is 1.81 bits per heavy atom. The normalized spacial score (nSPS) is 12.3. The Bertz CT molecular complexity index is 1030. The molecule has 31 heavy (non-hydrogen) atoms. The Morgan fingerprint density at radius 3 is 2.45 bits per heavy atom. The predicted molar refractivity (Wildman–Crippen MR) is 107 cm³/mol. The van der Waals surface area contributed by atoms with E-state index in [9.17, 15) is 32.3 Å². The molecule has 1 heterocycles. The van der Waals surface area contributed by atoms with Gasteiger partial charge in [0.1, 0.15) is 5.00 Å². The second-order valence-corrected chi connectivity index (χ2v) is 6.87. The van der Waals surface area contributed by atoms with E-state index < -0.39 is 35.8 Å². The van der Waals surface area contributed by atoms with Gasteiger partial charge in [-0.05, 0) is 30.5 Å². The molecule has 1 aromatic heterocycles. The van der Waals surface area contributed by atoms with Gasteiger partial charge < -0.3 is 21.1 Å². The van der Waals surface area contributed by atoms with Crippen LogP contribution in [0.3, 0.4) is 0 Å². The average Bonchev–Trinajstić information content (AvgIpc) is 3.15. The smallest absolute Gasteiger partial charge is 0.449 e. The third-order valence-corrected chi connectivity index (χ3v) is 4.55. The third kappa shape index (κ3) is 6.40. The van der Waals surface area contributed by atoms with Crippen LogP contribution in [0.1, 0.15) is 27.6 Å². The lowest BCUT2D eigenvalue weighted by Gasteiger charge is -2.15. The lowest BCUT2D eigenvalue weighted by atomic mass is 10.2. The number of nitrogens with two attached hydrogens (primary N) is 1. The number of primary amides is 1. The van der Waals surface area contributed by atoms with E-state index >= 15 is 0 Å². The molecule has 4 N–H and O–H groups in total. The van der Waals surface area contributed by atoms with E-state index in [1.807, 2.05) is 0 Å². The molecule has 12 heteroatoms. The van der Waals surface area contributed by atoms with Crippen LogP contribution in [0.5, 0.6) is 0 Å². The quantitative estimate of drug-likeness (QED) is 0.415. The molecule has 0 fully saturated rings. The lowest BCUT2D eigenvalue weighted by Crippen LogP contribution is -2.30. The third-order valence-electron chi connectivity index (χ3n) is 3.72. The fourth-order valence-corrected chi connectivity index (χ4v) is 2.98. The van der Waals surface area contributed by atoms with Gasteiger partial charge in [0.2, 0.25) is 0 Å². The number of alkyl halides is 3. The van der Waals surface area contributed by atoms with Crippen molar-refractivity contribution in [2.45, 2.75) is 19.2 Å². The Labute approximate surface area is 177 Å². The largest absolute Gasteiger partial charge is 0.454 e. The molecule has 8 nitrogen and oxygen atoms in total. The number of benzene rings is 1. The number of para-hydroxylation sites is 1. The van der Waals surface area contributed by atoms with Crippen LogP contribution in [0.2, 0.25) is 0 Å². The number of allylic oxidation sites excluding steroid dienone is 1. The first-order valence-corrected chi connectivity index (χ1v) is 9.41. The summed E-state index contributed by atoms with van der Waals surface area (Å²) >= 11 is 1.06. The van der Waals surface area contributed by atoms with Crippen molar-refractivity contribution in [1.82, 2.24) is 0 Å². The number of halogens is 3. The highest BCUT2D eigenvalue weighted by atomic mass is 32.1. The summed E-state index contributed by atoms with van der Waals surface area (Å²) in [5.74, 6) is -4.48. The summed E-state index contributed by atoms with van der Waals surface area (Å²) in [6.45, 7) is 1.29. The van der Waals surface area contributed by atoms with Crippen molar-refractivity contribution in [2.75, 3.05) is 10.6 Å². The van der Waals surface area contributed by atoms with Crippen LogP contribution in [-0.4, -0.2) is 35.8 Å². The monoisotopic (exact) mass is 455 g/mol. The molecule has 1 atom stereocenters. The number of ether oxygens (including phenoxy) is 1. The van der Waals surface area contributed by atoms with E-state index in [4.69, 9.17) is 10.5 Å². The lowest BCUT2D eigenvalue weighted by molar-refractivity contribution is -0.165. The average molecular weight is 455 g/mol. The van der Waals surface area contributed by atoms with Crippen molar-refractivity contribution in [3.8, 4) is 0 Å². The molecule has 2 rings (SSSR count). The minimum Gasteiger partial charge on any atom is -0.449 e. The SMILES string of the molecule is CC(OC(=O)c1ccccc1N/C=C/C(=O)C(F)(F)F)C(=O)Nc1sccc1C(N)=O. The molecule has 0 spiro atoms. The summed E-state index contributed by atoms with van der Waals surface area (Å²) in [5.41, 5.74) is 5.28. The number of esters is 1. The van der Waals surface area contributed by atoms with Gasteiger partial charge in [-0.2, -0.15) is 13.2 Å². The first-order valence-electron chi connectivity index (χ1n) is 8.53. The number of carbonyl (C=O) groups is 4. The first-order chi connectivity index (χ1) is 14.5. The van der Waals surface area contributed by atoms with Gasteiger partial charge in [0.25, 0.3) is 17.6 Å². The van der Waals surface area contributed by atoms with Crippen molar-refractivity contribution >= 4 is 45.6 Å². The molecule has 0 bridgehead atoms. The molecule has 0 aliphatic carbocycles. The fraction of sp³-hybridized carbons (Fsp3) is 0.158. The van der Waals surface area contributed by atoms with Crippen LogP contribution in [0.25, 0.3) is 0 Å². The fourth-order valence-electron chi connectivity index (χ4n) is 2.18. The molecule has 1 aromatic carbocycles. The van der Waals surface area contributed by atoms with Crippen LogP contribution >= 0.6 is 11.3 Å². The molecule has 2 amide bonds.